The van der Waals surface area contributed by atoms with E-state index in [9.17, 15) is 4.79 Å². The van der Waals surface area contributed by atoms with Crippen molar-refractivity contribution in [3.05, 3.63) is 0 Å². The number of rotatable bonds is 3. The summed E-state index contributed by atoms with van der Waals surface area (Å²) in [5, 5.41) is 3.43. The van der Waals surface area contributed by atoms with Crippen LogP contribution in [-0.2, 0) is 4.74 Å². The average molecular weight is 228 g/mol. The fourth-order valence-electron chi connectivity index (χ4n) is 1.77. The number of ether oxygens (including phenoxy) is 1. The molecule has 1 aliphatic heterocycles. The lowest BCUT2D eigenvalue weighted by Crippen LogP contribution is -2.38. The molecule has 0 aromatic rings. The highest BCUT2D eigenvalue weighted by atomic mass is 16.6. The summed E-state index contributed by atoms with van der Waals surface area (Å²) in [7, 11) is 0. The molecule has 94 valence electrons. The van der Waals surface area contributed by atoms with Gasteiger partial charge < -0.3 is 15.0 Å². The van der Waals surface area contributed by atoms with Crippen LogP contribution in [-0.4, -0.2) is 42.3 Å². The van der Waals surface area contributed by atoms with Gasteiger partial charge in [0, 0.05) is 19.1 Å². The molecule has 1 saturated heterocycles. The fraction of sp³-hybridized carbons (Fsp3) is 0.917. The van der Waals surface area contributed by atoms with E-state index >= 15 is 0 Å². The van der Waals surface area contributed by atoms with Gasteiger partial charge in [0.15, 0.2) is 0 Å². The summed E-state index contributed by atoms with van der Waals surface area (Å²) < 4.78 is 5.33. The van der Waals surface area contributed by atoms with Crippen molar-refractivity contribution in [2.45, 2.75) is 52.2 Å². The molecule has 0 aromatic carbocycles. The molecule has 0 radical (unpaired) electrons. The molecule has 1 fully saturated rings. The number of hydrogen-bond donors (Lipinski definition) is 1. The second-order valence-electron chi connectivity index (χ2n) is 5.37. The number of likely N-dealkylation sites (tertiary alicyclic amines) is 1. The average Bonchev–Trinajstić information content (AvgIpc) is 2.60. The normalized spacial score (nSPS) is 21.2. The van der Waals surface area contributed by atoms with Crippen molar-refractivity contribution >= 4 is 6.09 Å². The smallest absolute Gasteiger partial charge is 0.410 e. The zero-order valence-corrected chi connectivity index (χ0v) is 10.9. The van der Waals surface area contributed by atoms with Gasteiger partial charge in [-0.2, -0.15) is 0 Å². The highest BCUT2D eigenvalue weighted by Crippen LogP contribution is 2.15. The van der Waals surface area contributed by atoms with Gasteiger partial charge in [0.1, 0.15) is 5.60 Å². The van der Waals surface area contributed by atoms with Gasteiger partial charge in [-0.3, -0.25) is 0 Å². The van der Waals surface area contributed by atoms with Gasteiger partial charge in [-0.25, -0.2) is 4.79 Å². The summed E-state index contributed by atoms with van der Waals surface area (Å²) in [6.07, 6.45) is 1.97. The highest BCUT2D eigenvalue weighted by molar-refractivity contribution is 5.68. The van der Waals surface area contributed by atoms with E-state index in [1.54, 1.807) is 4.90 Å². The molecule has 4 heteroatoms. The number of nitrogens with zero attached hydrogens (tertiary/aromatic N) is 1. The Labute approximate surface area is 98.3 Å². The van der Waals surface area contributed by atoms with Crippen molar-refractivity contribution in [1.29, 1.82) is 0 Å². The highest BCUT2D eigenvalue weighted by Gasteiger charge is 2.29. The first-order chi connectivity index (χ1) is 7.42. The van der Waals surface area contributed by atoms with Crippen molar-refractivity contribution in [2.75, 3.05) is 19.6 Å². The van der Waals surface area contributed by atoms with Crippen molar-refractivity contribution < 1.29 is 9.53 Å². The van der Waals surface area contributed by atoms with Crippen molar-refractivity contribution in [1.82, 2.24) is 10.2 Å². The molecule has 1 unspecified atom stereocenters. The third-order valence-electron chi connectivity index (χ3n) is 2.52. The first-order valence-corrected chi connectivity index (χ1v) is 6.13. The molecule has 1 rings (SSSR count). The van der Waals surface area contributed by atoms with E-state index in [4.69, 9.17) is 4.74 Å². The lowest BCUT2D eigenvalue weighted by molar-refractivity contribution is 0.0291. The molecule has 1 aliphatic rings. The summed E-state index contributed by atoms with van der Waals surface area (Å²) in [5.41, 5.74) is -0.397. The molecule has 16 heavy (non-hydrogen) atoms. The Morgan fingerprint density at radius 1 is 1.50 bits per heavy atom. The molecular formula is C12H24N2O2. The second-order valence-corrected chi connectivity index (χ2v) is 5.37. The lowest BCUT2D eigenvalue weighted by atomic mass is 10.2. The molecule has 1 atom stereocenters. The zero-order chi connectivity index (χ0) is 12.2. The van der Waals surface area contributed by atoms with E-state index in [1.165, 1.54) is 0 Å². The number of hydrogen-bond acceptors (Lipinski definition) is 3. The molecule has 1 heterocycles. The Balaban J connectivity index is 2.32. The first kappa shape index (κ1) is 13.3. The van der Waals surface area contributed by atoms with Crippen LogP contribution in [0.5, 0.6) is 0 Å². The largest absolute Gasteiger partial charge is 0.444 e. The van der Waals surface area contributed by atoms with Crippen LogP contribution in [0.25, 0.3) is 0 Å². The van der Waals surface area contributed by atoms with Gasteiger partial charge >= 0.3 is 6.09 Å². The Bertz CT molecular complexity index is 236. The van der Waals surface area contributed by atoms with Crippen molar-refractivity contribution in [2.24, 2.45) is 0 Å². The van der Waals surface area contributed by atoms with Crippen LogP contribution in [0.2, 0.25) is 0 Å². The molecular weight excluding hydrogens is 204 g/mol. The van der Waals surface area contributed by atoms with E-state index in [0.29, 0.717) is 6.04 Å². The van der Waals surface area contributed by atoms with Crippen LogP contribution >= 0.6 is 0 Å². The Morgan fingerprint density at radius 3 is 2.75 bits per heavy atom. The number of carbonyl (C=O) groups is 1. The molecule has 4 nitrogen and oxygen atoms in total. The molecule has 0 aromatic heterocycles. The second kappa shape index (κ2) is 5.53. The molecule has 1 amide bonds. The van der Waals surface area contributed by atoms with Crippen LogP contribution < -0.4 is 5.32 Å². The van der Waals surface area contributed by atoms with Gasteiger partial charge in [0.05, 0.1) is 0 Å². The maximum absolute atomic E-state index is 11.8. The first-order valence-electron chi connectivity index (χ1n) is 6.13. The van der Waals surface area contributed by atoms with Gasteiger partial charge in [-0.15, -0.1) is 0 Å². The Kier molecular flexibility index (Phi) is 4.59. The van der Waals surface area contributed by atoms with Gasteiger partial charge in [0.25, 0.3) is 0 Å². The minimum Gasteiger partial charge on any atom is -0.444 e. The summed E-state index contributed by atoms with van der Waals surface area (Å²) in [4.78, 5) is 13.5. The van der Waals surface area contributed by atoms with E-state index in [2.05, 4.69) is 12.2 Å². The van der Waals surface area contributed by atoms with Gasteiger partial charge in [-0.05, 0) is 40.2 Å². The number of nitrogens with one attached hydrogen (secondary N) is 1. The van der Waals surface area contributed by atoms with Crippen molar-refractivity contribution in [3.63, 3.8) is 0 Å². The molecule has 0 aliphatic carbocycles. The van der Waals surface area contributed by atoms with Crippen LogP contribution in [0, 0.1) is 0 Å². The number of carbonyl (C=O) groups excluding carboxylic acids is 1. The quantitative estimate of drug-likeness (QED) is 0.803. The van der Waals surface area contributed by atoms with E-state index < -0.39 is 5.60 Å². The SMILES string of the molecule is CCCNC1CCN(C(=O)OC(C)(C)C)C1. The number of amides is 1. The van der Waals surface area contributed by atoms with Crippen molar-refractivity contribution in [3.8, 4) is 0 Å². The van der Waals surface area contributed by atoms with E-state index in [-0.39, 0.29) is 6.09 Å². The van der Waals surface area contributed by atoms with Crippen LogP contribution in [0.3, 0.4) is 0 Å². The fourth-order valence-corrected chi connectivity index (χ4v) is 1.77. The maximum Gasteiger partial charge on any atom is 0.410 e. The monoisotopic (exact) mass is 228 g/mol. The van der Waals surface area contributed by atoms with Gasteiger partial charge in [0.2, 0.25) is 0 Å². The Morgan fingerprint density at radius 2 is 2.19 bits per heavy atom. The van der Waals surface area contributed by atoms with Crippen LogP contribution in [0.4, 0.5) is 4.79 Å². The van der Waals surface area contributed by atoms with Crippen LogP contribution in [0.15, 0.2) is 0 Å². The third kappa shape index (κ3) is 4.39. The minimum atomic E-state index is -0.397. The van der Waals surface area contributed by atoms with Crippen LogP contribution in [0.1, 0.15) is 40.5 Å². The molecule has 0 spiro atoms. The van der Waals surface area contributed by atoms with E-state index in [0.717, 1.165) is 32.5 Å². The topological polar surface area (TPSA) is 41.6 Å². The maximum atomic E-state index is 11.8. The summed E-state index contributed by atoms with van der Waals surface area (Å²) in [6, 6.07) is 0.437. The zero-order valence-electron chi connectivity index (χ0n) is 10.9. The summed E-state index contributed by atoms with van der Waals surface area (Å²) >= 11 is 0. The predicted molar refractivity (Wildman–Crippen MR) is 64.5 cm³/mol. The minimum absolute atomic E-state index is 0.187. The predicted octanol–water partition coefficient (Wildman–Crippen LogP) is 2.00. The standard InChI is InChI=1S/C12H24N2O2/c1-5-7-13-10-6-8-14(9-10)11(15)16-12(2,3)4/h10,13H,5-9H2,1-4H3. The molecule has 1 N–H and O–H groups in total. The molecule has 0 saturated carbocycles. The van der Waals surface area contributed by atoms with Gasteiger partial charge in [-0.1, -0.05) is 6.92 Å². The summed E-state index contributed by atoms with van der Waals surface area (Å²) in [5.74, 6) is 0. The van der Waals surface area contributed by atoms with E-state index in [1.807, 2.05) is 20.8 Å². The summed E-state index contributed by atoms with van der Waals surface area (Å²) in [6.45, 7) is 10.4. The third-order valence-corrected chi connectivity index (χ3v) is 2.52. The lowest BCUT2D eigenvalue weighted by Gasteiger charge is -2.24. The Hall–Kier alpha value is -0.770. The molecule has 0 bridgehead atoms.